The van der Waals surface area contributed by atoms with Crippen molar-refractivity contribution in [3.8, 4) is 0 Å². The summed E-state index contributed by atoms with van der Waals surface area (Å²) in [7, 11) is 0. The molecule has 0 spiro atoms. The molecule has 0 radical (unpaired) electrons. The summed E-state index contributed by atoms with van der Waals surface area (Å²) in [6, 6.07) is 0.769. The maximum Gasteiger partial charge on any atom is 0.0223 e. The lowest BCUT2D eigenvalue weighted by molar-refractivity contribution is 0.121. The van der Waals surface area contributed by atoms with Crippen molar-refractivity contribution >= 4 is 0 Å². The maximum absolute atomic E-state index is 5.75. The molecule has 0 amide bonds. The molecule has 0 aromatic carbocycles. The SMILES string of the molecule is C=CCN1CCCC(N2CCC(CN)C2)C1. The Morgan fingerprint density at radius 3 is 2.81 bits per heavy atom. The number of hydrogen-bond acceptors (Lipinski definition) is 3. The van der Waals surface area contributed by atoms with E-state index in [-0.39, 0.29) is 0 Å². The van der Waals surface area contributed by atoms with Gasteiger partial charge in [-0.05, 0) is 44.8 Å². The molecule has 3 nitrogen and oxygen atoms in total. The molecule has 2 N–H and O–H groups in total. The van der Waals surface area contributed by atoms with Crippen LogP contribution >= 0.6 is 0 Å². The van der Waals surface area contributed by atoms with Gasteiger partial charge in [-0.25, -0.2) is 0 Å². The Kier molecular flexibility index (Phi) is 4.38. The van der Waals surface area contributed by atoms with E-state index in [1.807, 2.05) is 6.08 Å². The number of likely N-dealkylation sites (tertiary alicyclic amines) is 2. The van der Waals surface area contributed by atoms with Gasteiger partial charge in [0.05, 0.1) is 0 Å². The molecule has 0 saturated carbocycles. The third-order valence-electron chi connectivity index (χ3n) is 4.03. The summed E-state index contributed by atoms with van der Waals surface area (Å²) >= 11 is 0. The standard InChI is InChI=1S/C13H25N3/c1-2-6-15-7-3-4-13(11-15)16-8-5-12(9-14)10-16/h2,12-13H,1,3-11,14H2. The highest BCUT2D eigenvalue weighted by Crippen LogP contribution is 2.23. The molecule has 2 unspecified atom stereocenters. The predicted octanol–water partition coefficient (Wildman–Crippen LogP) is 0.917. The first-order valence-corrected chi connectivity index (χ1v) is 6.61. The number of rotatable bonds is 4. The molecular weight excluding hydrogens is 198 g/mol. The Morgan fingerprint density at radius 2 is 2.12 bits per heavy atom. The van der Waals surface area contributed by atoms with E-state index in [0.29, 0.717) is 0 Å². The third kappa shape index (κ3) is 2.84. The fourth-order valence-corrected chi connectivity index (χ4v) is 3.06. The van der Waals surface area contributed by atoms with E-state index in [1.165, 1.54) is 45.4 Å². The molecule has 92 valence electrons. The average Bonchev–Trinajstić information content (AvgIpc) is 2.78. The number of hydrogen-bond donors (Lipinski definition) is 1. The Hall–Kier alpha value is -0.380. The molecule has 2 aliphatic rings. The van der Waals surface area contributed by atoms with Crippen molar-refractivity contribution in [2.75, 3.05) is 39.3 Å². The molecule has 2 rings (SSSR count). The van der Waals surface area contributed by atoms with Crippen LogP contribution in [0.1, 0.15) is 19.3 Å². The van der Waals surface area contributed by atoms with Crippen LogP contribution in [0, 0.1) is 5.92 Å². The van der Waals surface area contributed by atoms with Gasteiger partial charge in [0, 0.05) is 25.7 Å². The van der Waals surface area contributed by atoms with Gasteiger partial charge in [0.25, 0.3) is 0 Å². The Labute approximate surface area is 99.3 Å². The van der Waals surface area contributed by atoms with E-state index in [9.17, 15) is 0 Å². The van der Waals surface area contributed by atoms with Crippen LogP contribution in [0.2, 0.25) is 0 Å². The van der Waals surface area contributed by atoms with Crippen LogP contribution < -0.4 is 5.73 Å². The van der Waals surface area contributed by atoms with Crippen molar-refractivity contribution in [3.05, 3.63) is 12.7 Å². The van der Waals surface area contributed by atoms with Gasteiger partial charge in [0.2, 0.25) is 0 Å². The first-order chi connectivity index (χ1) is 7.83. The minimum Gasteiger partial charge on any atom is -0.330 e. The second kappa shape index (κ2) is 5.80. The van der Waals surface area contributed by atoms with E-state index in [2.05, 4.69) is 16.4 Å². The fourth-order valence-electron chi connectivity index (χ4n) is 3.06. The predicted molar refractivity (Wildman–Crippen MR) is 68.4 cm³/mol. The molecular formula is C13H25N3. The highest BCUT2D eigenvalue weighted by Gasteiger charge is 2.30. The van der Waals surface area contributed by atoms with Gasteiger partial charge in [-0.2, -0.15) is 0 Å². The summed E-state index contributed by atoms with van der Waals surface area (Å²) in [6.07, 6.45) is 6.02. The van der Waals surface area contributed by atoms with Gasteiger partial charge < -0.3 is 5.73 Å². The van der Waals surface area contributed by atoms with Crippen LogP contribution in [0.5, 0.6) is 0 Å². The lowest BCUT2D eigenvalue weighted by Gasteiger charge is -2.37. The number of piperidine rings is 1. The molecule has 2 atom stereocenters. The molecule has 2 saturated heterocycles. The number of nitrogens with two attached hydrogens (primary N) is 1. The molecule has 2 heterocycles. The van der Waals surface area contributed by atoms with Crippen molar-refractivity contribution in [1.29, 1.82) is 0 Å². The second-order valence-corrected chi connectivity index (χ2v) is 5.23. The summed E-state index contributed by atoms with van der Waals surface area (Å²) in [4.78, 5) is 5.18. The van der Waals surface area contributed by atoms with Gasteiger partial charge >= 0.3 is 0 Å². The summed E-state index contributed by atoms with van der Waals surface area (Å²) in [6.45, 7) is 10.7. The summed E-state index contributed by atoms with van der Waals surface area (Å²) < 4.78 is 0. The maximum atomic E-state index is 5.75. The Bertz CT molecular complexity index is 229. The summed E-state index contributed by atoms with van der Waals surface area (Å²) in [5.74, 6) is 0.745. The minimum atomic E-state index is 0.745. The van der Waals surface area contributed by atoms with Crippen LogP contribution in [-0.4, -0.2) is 55.1 Å². The quantitative estimate of drug-likeness (QED) is 0.719. The first kappa shape index (κ1) is 12.1. The van der Waals surface area contributed by atoms with Crippen molar-refractivity contribution < 1.29 is 0 Å². The largest absolute Gasteiger partial charge is 0.330 e. The van der Waals surface area contributed by atoms with Crippen LogP contribution in [0.3, 0.4) is 0 Å². The summed E-state index contributed by atoms with van der Waals surface area (Å²) in [5, 5.41) is 0. The van der Waals surface area contributed by atoms with Crippen LogP contribution in [0.25, 0.3) is 0 Å². The molecule has 0 bridgehead atoms. The van der Waals surface area contributed by atoms with Gasteiger partial charge in [-0.3, -0.25) is 9.80 Å². The Morgan fingerprint density at radius 1 is 1.25 bits per heavy atom. The van der Waals surface area contributed by atoms with E-state index < -0.39 is 0 Å². The van der Waals surface area contributed by atoms with Crippen molar-refractivity contribution in [1.82, 2.24) is 9.80 Å². The van der Waals surface area contributed by atoms with E-state index in [4.69, 9.17) is 5.73 Å². The van der Waals surface area contributed by atoms with Crippen LogP contribution in [0.15, 0.2) is 12.7 Å². The van der Waals surface area contributed by atoms with Crippen LogP contribution in [0.4, 0.5) is 0 Å². The van der Waals surface area contributed by atoms with Gasteiger partial charge in [-0.15, -0.1) is 6.58 Å². The molecule has 2 aliphatic heterocycles. The van der Waals surface area contributed by atoms with E-state index >= 15 is 0 Å². The zero-order valence-electron chi connectivity index (χ0n) is 10.3. The van der Waals surface area contributed by atoms with Crippen molar-refractivity contribution in [2.24, 2.45) is 11.7 Å². The minimum absolute atomic E-state index is 0.745. The highest BCUT2D eigenvalue weighted by atomic mass is 15.2. The lowest BCUT2D eigenvalue weighted by Crippen LogP contribution is -2.47. The van der Waals surface area contributed by atoms with E-state index in [1.54, 1.807) is 0 Å². The average molecular weight is 223 g/mol. The molecule has 16 heavy (non-hydrogen) atoms. The zero-order chi connectivity index (χ0) is 11.4. The zero-order valence-corrected chi connectivity index (χ0v) is 10.3. The molecule has 0 aromatic rings. The van der Waals surface area contributed by atoms with E-state index in [0.717, 1.165) is 25.0 Å². The molecule has 2 fully saturated rings. The van der Waals surface area contributed by atoms with Gasteiger partial charge in [0.15, 0.2) is 0 Å². The lowest BCUT2D eigenvalue weighted by atomic mass is 10.0. The highest BCUT2D eigenvalue weighted by molar-refractivity contribution is 4.88. The fraction of sp³-hybridized carbons (Fsp3) is 0.846. The monoisotopic (exact) mass is 223 g/mol. The van der Waals surface area contributed by atoms with Gasteiger partial charge in [0.1, 0.15) is 0 Å². The Balaban J connectivity index is 1.82. The van der Waals surface area contributed by atoms with Crippen LogP contribution in [-0.2, 0) is 0 Å². The van der Waals surface area contributed by atoms with Crippen molar-refractivity contribution in [2.45, 2.75) is 25.3 Å². The normalized spacial score (nSPS) is 33.1. The number of nitrogens with zero attached hydrogens (tertiary/aromatic N) is 2. The molecule has 0 aliphatic carbocycles. The topological polar surface area (TPSA) is 32.5 Å². The summed E-state index contributed by atoms with van der Waals surface area (Å²) in [5.41, 5.74) is 5.75. The van der Waals surface area contributed by atoms with Crippen molar-refractivity contribution in [3.63, 3.8) is 0 Å². The molecule has 3 heteroatoms. The smallest absolute Gasteiger partial charge is 0.0223 e. The van der Waals surface area contributed by atoms with Gasteiger partial charge in [-0.1, -0.05) is 6.08 Å². The third-order valence-corrected chi connectivity index (χ3v) is 4.03. The second-order valence-electron chi connectivity index (χ2n) is 5.23. The first-order valence-electron chi connectivity index (χ1n) is 6.61. The molecule has 0 aromatic heterocycles.